The molecule has 2 atom stereocenters. The van der Waals surface area contributed by atoms with Crippen LogP contribution in [0.5, 0.6) is 0 Å². The minimum Gasteiger partial charge on any atom is -0.345 e. The third kappa shape index (κ3) is 5.49. The van der Waals surface area contributed by atoms with Crippen LogP contribution in [0.4, 0.5) is 13.2 Å². The zero-order chi connectivity index (χ0) is 22.7. The summed E-state index contributed by atoms with van der Waals surface area (Å²) in [5, 5.41) is 0. The van der Waals surface area contributed by atoms with Crippen LogP contribution in [0.25, 0.3) is 0 Å². The first-order chi connectivity index (χ1) is 13.8. The van der Waals surface area contributed by atoms with Crippen LogP contribution < -0.4 is 0 Å². The van der Waals surface area contributed by atoms with E-state index in [1.54, 1.807) is 6.92 Å². The topological polar surface area (TPSA) is 12.5 Å². The van der Waals surface area contributed by atoms with E-state index in [2.05, 4.69) is 53.0 Å². The van der Waals surface area contributed by atoms with Gasteiger partial charge in [0.15, 0.2) is 0 Å². The van der Waals surface area contributed by atoms with Crippen molar-refractivity contribution in [3.63, 3.8) is 0 Å². The molecule has 2 rings (SSSR count). The van der Waals surface area contributed by atoms with Crippen molar-refractivity contribution >= 4 is 8.07 Å². The fourth-order valence-corrected chi connectivity index (χ4v) is 10.3. The number of rotatable bonds is 6. The highest BCUT2D eigenvalue weighted by molar-refractivity contribution is 6.90. The molecule has 1 aromatic carbocycles. The summed E-state index contributed by atoms with van der Waals surface area (Å²) in [6.07, 6.45) is -6.02. The molecular formula is C24H36F3NOSi. The SMILES string of the molecule is CC(C)[Si](C#CC[C@]1(C)CN(Cc2ccccc2)[C@@H](C(F)(F)F)O1)(C(C)C)C(C)C. The van der Waals surface area contributed by atoms with Crippen LogP contribution in [0.1, 0.15) is 60.5 Å². The maximum atomic E-state index is 13.7. The first kappa shape index (κ1) is 25.0. The quantitative estimate of drug-likeness (QED) is 0.358. The number of alkyl halides is 3. The zero-order valence-electron chi connectivity index (χ0n) is 19.3. The van der Waals surface area contributed by atoms with Crippen molar-refractivity contribution < 1.29 is 17.9 Å². The molecule has 0 aromatic heterocycles. The van der Waals surface area contributed by atoms with Gasteiger partial charge in [0.1, 0.15) is 8.07 Å². The van der Waals surface area contributed by atoms with E-state index < -0.39 is 26.1 Å². The molecule has 1 saturated heterocycles. The van der Waals surface area contributed by atoms with Crippen LogP contribution in [0.2, 0.25) is 16.6 Å². The monoisotopic (exact) mass is 439 g/mol. The molecular weight excluding hydrogens is 403 g/mol. The largest absolute Gasteiger partial charge is 0.428 e. The summed E-state index contributed by atoms with van der Waals surface area (Å²) in [7, 11) is -1.92. The van der Waals surface area contributed by atoms with Crippen LogP contribution in [-0.2, 0) is 11.3 Å². The van der Waals surface area contributed by atoms with E-state index in [1.165, 1.54) is 4.90 Å². The molecule has 1 fully saturated rings. The maximum Gasteiger partial charge on any atom is 0.428 e. The van der Waals surface area contributed by atoms with Crippen LogP contribution in [0, 0.1) is 11.5 Å². The average molecular weight is 440 g/mol. The normalized spacial score (nSPS) is 23.3. The molecule has 0 N–H and O–H groups in total. The first-order valence-electron chi connectivity index (χ1n) is 10.8. The Morgan fingerprint density at radius 3 is 2.07 bits per heavy atom. The molecule has 2 nitrogen and oxygen atoms in total. The van der Waals surface area contributed by atoms with Gasteiger partial charge in [-0.1, -0.05) is 71.9 Å². The van der Waals surface area contributed by atoms with Crippen molar-refractivity contribution in [2.24, 2.45) is 0 Å². The average Bonchev–Trinajstić information content (AvgIpc) is 2.95. The maximum absolute atomic E-state index is 13.7. The number of hydrogen-bond donors (Lipinski definition) is 0. The number of ether oxygens (including phenoxy) is 1. The Kier molecular flexibility index (Phi) is 7.87. The van der Waals surface area contributed by atoms with Crippen LogP contribution in [0.15, 0.2) is 30.3 Å². The molecule has 1 heterocycles. The Bertz CT molecular complexity index is 729. The van der Waals surface area contributed by atoms with Crippen molar-refractivity contribution in [1.82, 2.24) is 4.90 Å². The van der Waals surface area contributed by atoms with Crippen molar-refractivity contribution in [2.75, 3.05) is 6.54 Å². The van der Waals surface area contributed by atoms with Gasteiger partial charge in [-0.3, -0.25) is 4.90 Å². The van der Waals surface area contributed by atoms with Crippen molar-refractivity contribution in [3.05, 3.63) is 35.9 Å². The number of nitrogens with zero attached hydrogens (tertiary/aromatic N) is 1. The molecule has 0 radical (unpaired) electrons. The van der Waals surface area contributed by atoms with Crippen molar-refractivity contribution in [1.29, 1.82) is 0 Å². The smallest absolute Gasteiger partial charge is 0.345 e. The summed E-state index contributed by atoms with van der Waals surface area (Å²) in [6, 6.07) is 9.23. The Morgan fingerprint density at radius 1 is 1.07 bits per heavy atom. The minimum atomic E-state index is -4.44. The van der Waals surface area contributed by atoms with Crippen LogP contribution in [-0.4, -0.2) is 37.5 Å². The predicted molar refractivity (Wildman–Crippen MR) is 120 cm³/mol. The van der Waals surface area contributed by atoms with Gasteiger partial charge in [0.25, 0.3) is 0 Å². The second-order valence-corrected chi connectivity index (χ2v) is 15.3. The van der Waals surface area contributed by atoms with Gasteiger partial charge in [0.2, 0.25) is 6.23 Å². The minimum absolute atomic E-state index is 0.205. The number of benzene rings is 1. The highest BCUT2D eigenvalue weighted by atomic mass is 28.3. The van der Waals surface area contributed by atoms with Crippen LogP contribution in [0.3, 0.4) is 0 Å². The third-order valence-electron chi connectivity index (χ3n) is 6.41. The first-order valence-corrected chi connectivity index (χ1v) is 13.1. The van der Waals surface area contributed by atoms with Gasteiger partial charge < -0.3 is 4.74 Å². The van der Waals surface area contributed by atoms with E-state index >= 15 is 0 Å². The highest BCUT2D eigenvalue weighted by Crippen LogP contribution is 2.41. The third-order valence-corrected chi connectivity index (χ3v) is 12.7. The molecule has 0 unspecified atom stereocenters. The van der Waals surface area contributed by atoms with E-state index in [1.807, 2.05) is 30.3 Å². The summed E-state index contributed by atoms with van der Waals surface area (Å²) >= 11 is 0. The summed E-state index contributed by atoms with van der Waals surface area (Å²) in [5.74, 6) is 3.30. The molecule has 1 aromatic rings. The van der Waals surface area contributed by atoms with Gasteiger partial charge in [-0.25, -0.2) is 0 Å². The van der Waals surface area contributed by atoms with Crippen molar-refractivity contribution in [3.8, 4) is 11.5 Å². The molecule has 0 spiro atoms. The predicted octanol–water partition coefficient (Wildman–Crippen LogP) is 6.78. The Morgan fingerprint density at radius 2 is 1.60 bits per heavy atom. The molecule has 0 amide bonds. The highest BCUT2D eigenvalue weighted by Gasteiger charge is 2.54. The Balaban J connectivity index is 2.25. The van der Waals surface area contributed by atoms with Crippen LogP contribution >= 0.6 is 0 Å². The van der Waals surface area contributed by atoms with Gasteiger partial charge in [0.05, 0.1) is 5.60 Å². The van der Waals surface area contributed by atoms with Gasteiger partial charge in [-0.2, -0.15) is 13.2 Å². The zero-order valence-corrected chi connectivity index (χ0v) is 20.3. The summed E-state index contributed by atoms with van der Waals surface area (Å²) in [6.45, 7) is 15.6. The van der Waals surface area contributed by atoms with Gasteiger partial charge >= 0.3 is 6.18 Å². The van der Waals surface area contributed by atoms with E-state index in [0.29, 0.717) is 23.0 Å². The lowest BCUT2D eigenvalue weighted by Crippen LogP contribution is -2.43. The fraction of sp³-hybridized carbons (Fsp3) is 0.667. The van der Waals surface area contributed by atoms with Crippen molar-refractivity contribution in [2.45, 2.75) is 96.1 Å². The second-order valence-electron chi connectivity index (χ2n) is 9.73. The summed E-state index contributed by atoms with van der Waals surface area (Å²) < 4.78 is 46.7. The standard InChI is InChI=1S/C24H36F3NOSi/c1-18(2)30(19(3)4,20(5)6)15-11-14-23(7)17-28(22(29-23)24(25,26)27)16-21-12-9-8-10-13-21/h8-10,12-13,18-20,22H,14,16-17H2,1-7H3/t22-,23-/m1/s1. The molecule has 0 aliphatic carbocycles. The fourth-order valence-electron chi connectivity index (χ4n) is 5.04. The van der Waals surface area contributed by atoms with Gasteiger partial charge in [-0.05, 0) is 29.1 Å². The summed E-state index contributed by atoms with van der Waals surface area (Å²) in [5.41, 5.74) is 4.98. The van der Waals surface area contributed by atoms with E-state index in [9.17, 15) is 13.2 Å². The lowest BCUT2D eigenvalue weighted by atomic mass is 10.0. The molecule has 1 aliphatic heterocycles. The van der Waals surface area contributed by atoms with E-state index in [0.717, 1.165) is 5.56 Å². The molecule has 168 valence electrons. The second kappa shape index (κ2) is 9.46. The summed E-state index contributed by atoms with van der Waals surface area (Å²) in [4.78, 5) is 1.38. The van der Waals surface area contributed by atoms with Gasteiger partial charge in [-0.15, -0.1) is 11.5 Å². The lowest BCUT2D eigenvalue weighted by molar-refractivity contribution is -0.255. The molecule has 30 heavy (non-hydrogen) atoms. The Hall–Kier alpha value is -1.29. The Labute approximate surface area is 181 Å². The van der Waals surface area contributed by atoms with Gasteiger partial charge in [0, 0.05) is 19.5 Å². The number of halogens is 3. The molecule has 0 saturated carbocycles. The van der Waals surface area contributed by atoms with E-state index in [-0.39, 0.29) is 13.1 Å². The lowest BCUT2D eigenvalue weighted by Gasteiger charge is -2.38. The number of hydrogen-bond acceptors (Lipinski definition) is 2. The molecule has 6 heteroatoms. The van der Waals surface area contributed by atoms with E-state index in [4.69, 9.17) is 4.74 Å². The molecule has 1 aliphatic rings. The molecule has 0 bridgehead atoms.